The smallest absolute Gasteiger partial charge is 0.222 e. The standard InChI is InChI=1S/C22H28ClNO5S/c1-17-15-19(10-11-21(17)23)28-13-5-9-22(25)24(2)12-6-14-29-18-7-4-8-20(16-18)30(3,26)27/h4,7-8,10-11,15-16H,5-6,9,12-14H2,1-3H3. The molecule has 6 nitrogen and oxygen atoms in total. The molecule has 0 saturated heterocycles. The minimum Gasteiger partial charge on any atom is -0.494 e. The van der Waals surface area contributed by atoms with Gasteiger partial charge >= 0.3 is 0 Å². The van der Waals surface area contributed by atoms with Gasteiger partial charge in [-0.2, -0.15) is 0 Å². The predicted octanol–water partition coefficient (Wildman–Crippen LogP) is 4.14. The summed E-state index contributed by atoms with van der Waals surface area (Å²) in [5.74, 6) is 1.29. The Morgan fingerprint density at radius 2 is 1.70 bits per heavy atom. The first-order valence-corrected chi connectivity index (χ1v) is 12.0. The first kappa shape index (κ1) is 24.0. The van der Waals surface area contributed by atoms with Crippen molar-refractivity contribution in [3.05, 3.63) is 53.1 Å². The van der Waals surface area contributed by atoms with Gasteiger partial charge in [0.1, 0.15) is 11.5 Å². The quantitative estimate of drug-likeness (QED) is 0.478. The molecule has 0 fully saturated rings. The molecule has 0 saturated carbocycles. The molecule has 0 radical (unpaired) electrons. The van der Waals surface area contributed by atoms with Crippen molar-refractivity contribution in [3.63, 3.8) is 0 Å². The van der Waals surface area contributed by atoms with Crippen molar-refractivity contribution < 1.29 is 22.7 Å². The molecular weight excluding hydrogens is 426 g/mol. The van der Waals surface area contributed by atoms with E-state index in [1.807, 2.05) is 19.1 Å². The van der Waals surface area contributed by atoms with Crippen molar-refractivity contribution in [1.82, 2.24) is 4.90 Å². The van der Waals surface area contributed by atoms with Crippen LogP contribution in [0.1, 0.15) is 24.8 Å². The fourth-order valence-electron chi connectivity index (χ4n) is 2.72. The maximum atomic E-state index is 12.2. The number of amides is 1. The highest BCUT2D eigenvalue weighted by molar-refractivity contribution is 7.90. The molecule has 0 N–H and O–H groups in total. The number of carbonyl (C=O) groups is 1. The molecule has 8 heteroatoms. The highest BCUT2D eigenvalue weighted by Crippen LogP contribution is 2.21. The highest BCUT2D eigenvalue weighted by Gasteiger charge is 2.10. The summed E-state index contributed by atoms with van der Waals surface area (Å²) in [5.41, 5.74) is 0.954. The summed E-state index contributed by atoms with van der Waals surface area (Å²) < 4.78 is 34.4. The number of benzene rings is 2. The van der Waals surface area contributed by atoms with E-state index in [0.29, 0.717) is 49.8 Å². The van der Waals surface area contributed by atoms with E-state index in [2.05, 4.69) is 0 Å². The average molecular weight is 454 g/mol. The molecule has 0 heterocycles. The van der Waals surface area contributed by atoms with Gasteiger partial charge in [-0.1, -0.05) is 17.7 Å². The van der Waals surface area contributed by atoms with Gasteiger partial charge in [0, 0.05) is 31.3 Å². The molecule has 2 rings (SSSR count). The third kappa shape index (κ3) is 7.88. The minimum atomic E-state index is -3.26. The summed E-state index contributed by atoms with van der Waals surface area (Å²) in [6.07, 6.45) is 2.83. The third-order valence-corrected chi connectivity index (χ3v) is 6.03. The van der Waals surface area contributed by atoms with Crippen molar-refractivity contribution in [3.8, 4) is 11.5 Å². The van der Waals surface area contributed by atoms with Gasteiger partial charge in [-0.15, -0.1) is 0 Å². The molecule has 30 heavy (non-hydrogen) atoms. The van der Waals surface area contributed by atoms with Gasteiger partial charge in [0.2, 0.25) is 5.91 Å². The monoisotopic (exact) mass is 453 g/mol. The predicted molar refractivity (Wildman–Crippen MR) is 118 cm³/mol. The number of rotatable bonds is 11. The SMILES string of the molecule is Cc1cc(OCCCC(=O)N(C)CCCOc2cccc(S(C)(=O)=O)c2)ccc1Cl. The summed E-state index contributed by atoms with van der Waals surface area (Å²) in [4.78, 5) is 14.1. The summed E-state index contributed by atoms with van der Waals surface area (Å²) in [7, 11) is -1.50. The zero-order valence-electron chi connectivity index (χ0n) is 17.6. The van der Waals surface area contributed by atoms with Gasteiger partial charge in [0.15, 0.2) is 9.84 Å². The maximum Gasteiger partial charge on any atom is 0.222 e. The van der Waals surface area contributed by atoms with Crippen molar-refractivity contribution in [2.45, 2.75) is 31.1 Å². The van der Waals surface area contributed by atoms with E-state index < -0.39 is 9.84 Å². The summed E-state index contributed by atoms with van der Waals surface area (Å²) >= 11 is 5.99. The van der Waals surface area contributed by atoms with E-state index >= 15 is 0 Å². The molecular formula is C22H28ClNO5S. The largest absolute Gasteiger partial charge is 0.494 e. The second kappa shape index (κ2) is 11.2. The number of hydrogen-bond donors (Lipinski definition) is 0. The van der Waals surface area contributed by atoms with Crippen LogP contribution in [0.3, 0.4) is 0 Å². The first-order valence-electron chi connectivity index (χ1n) is 9.72. The molecule has 0 atom stereocenters. The molecule has 0 aliphatic carbocycles. The molecule has 0 bridgehead atoms. The Kier molecular flexibility index (Phi) is 8.99. The Morgan fingerprint density at radius 1 is 1.03 bits per heavy atom. The van der Waals surface area contributed by atoms with Crippen LogP contribution in [0, 0.1) is 6.92 Å². The molecule has 0 spiro atoms. The fourth-order valence-corrected chi connectivity index (χ4v) is 3.50. The van der Waals surface area contributed by atoms with Crippen molar-refractivity contribution in [2.24, 2.45) is 0 Å². The van der Waals surface area contributed by atoms with Crippen molar-refractivity contribution in [1.29, 1.82) is 0 Å². The fraction of sp³-hybridized carbons (Fsp3) is 0.409. The number of halogens is 1. The number of ether oxygens (including phenoxy) is 2. The number of carbonyl (C=O) groups excluding carboxylic acids is 1. The normalized spacial score (nSPS) is 11.2. The van der Waals surface area contributed by atoms with Crippen LogP contribution in [0.5, 0.6) is 11.5 Å². The maximum absolute atomic E-state index is 12.2. The summed E-state index contributed by atoms with van der Waals surface area (Å²) in [6, 6.07) is 11.9. The molecule has 1 amide bonds. The number of sulfone groups is 1. The number of nitrogens with zero attached hydrogens (tertiary/aromatic N) is 1. The average Bonchev–Trinajstić information content (AvgIpc) is 2.70. The highest BCUT2D eigenvalue weighted by atomic mass is 35.5. The second-order valence-electron chi connectivity index (χ2n) is 7.13. The van der Waals surface area contributed by atoms with Crippen molar-refractivity contribution in [2.75, 3.05) is 33.1 Å². The lowest BCUT2D eigenvalue weighted by molar-refractivity contribution is -0.130. The minimum absolute atomic E-state index is 0.0463. The summed E-state index contributed by atoms with van der Waals surface area (Å²) in [5, 5.41) is 0.700. The Morgan fingerprint density at radius 3 is 2.37 bits per heavy atom. The molecule has 0 aromatic heterocycles. The Labute approximate surface area is 183 Å². The third-order valence-electron chi connectivity index (χ3n) is 4.50. The Bertz CT molecular complexity index is 962. The van der Waals surface area contributed by atoms with Gasteiger partial charge in [-0.3, -0.25) is 4.79 Å². The lowest BCUT2D eigenvalue weighted by Gasteiger charge is -2.17. The van der Waals surface area contributed by atoms with E-state index in [9.17, 15) is 13.2 Å². The van der Waals surface area contributed by atoms with Gasteiger partial charge in [0.25, 0.3) is 0 Å². The van der Waals surface area contributed by atoms with Crippen LogP contribution in [0.4, 0.5) is 0 Å². The van der Waals surface area contributed by atoms with Gasteiger partial charge in [-0.25, -0.2) is 8.42 Å². The van der Waals surface area contributed by atoms with E-state index in [0.717, 1.165) is 17.6 Å². The first-order chi connectivity index (χ1) is 14.2. The van der Waals surface area contributed by atoms with Crippen LogP contribution in [0.2, 0.25) is 5.02 Å². The molecule has 0 aliphatic rings. The van der Waals surface area contributed by atoms with Gasteiger partial charge in [-0.05, 0) is 61.7 Å². The van der Waals surface area contributed by atoms with E-state index in [1.54, 1.807) is 30.1 Å². The molecule has 0 aliphatic heterocycles. The van der Waals surface area contributed by atoms with Gasteiger partial charge < -0.3 is 14.4 Å². The van der Waals surface area contributed by atoms with Crippen molar-refractivity contribution >= 4 is 27.3 Å². The molecule has 2 aromatic rings. The molecule has 2 aromatic carbocycles. The molecule has 164 valence electrons. The Hall–Kier alpha value is -2.25. The zero-order valence-corrected chi connectivity index (χ0v) is 19.1. The van der Waals surface area contributed by atoms with E-state index in [1.165, 1.54) is 12.1 Å². The lowest BCUT2D eigenvalue weighted by atomic mass is 10.2. The van der Waals surface area contributed by atoms with E-state index in [-0.39, 0.29) is 10.8 Å². The molecule has 0 unspecified atom stereocenters. The topological polar surface area (TPSA) is 72.9 Å². The van der Waals surface area contributed by atoms with Crippen LogP contribution in [-0.2, 0) is 14.6 Å². The second-order valence-corrected chi connectivity index (χ2v) is 9.55. The summed E-state index contributed by atoms with van der Waals surface area (Å²) in [6.45, 7) is 3.33. The van der Waals surface area contributed by atoms with Crippen LogP contribution in [0.25, 0.3) is 0 Å². The van der Waals surface area contributed by atoms with Crippen LogP contribution in [0.15, 0.2) is 47.4 Å². The van der Waals surface area contributed by atoms with E-state index in [4.69, 9.17) is 21.1 Å². The van der Waals surface area contributed by atoms with Crippen LogP contribution < -0.4 is 9.47 Å². The number of hydrogen-bond acceptors (Lipinski definition) is 5. The van der Waals surface area contributed by atoms with Crippen LogP contribution >= 0.6 is 11.6 Å². The Balaban J connectivity index is 1.64. The number of aryl methyl sites for hydroxylation is 1. The van der Waals surface area contributed by atoms with Crippen LogP contribution in [-0.4, -0.2) is 52.3 Å². The van der Waals surface area contributed by atoms with Gasteiger partial charge in [0.05, 0.1) is 18.1 Å². The lowest BCUT2D eigenvalue weighted by Crippen LogP contribution is -2.28. The zero-order chi connectivity index (χ0) is 22.1.